The van der Waals surface area contributed by atoms with E-state index in [4.69, 9.17) is 16.3 Å². The lowest BCUT2D eigenvalue weighted by Crippen LogP contribution is -2.26. The van der Waals surface area contributed by atoms with Gasteiger partial charge in [-0.3, -0.25) is 0 Å². The van der Waals surface area contributed by atoms with Gasteiger partial charge in [-0.05, 0) is 43.5 Å². The van der Waals surface area contributed by atoms with Crippen molar-refractivity contribution in [3.8, 4) is 5.75 Å². The average molecular weight is 306 g/mol. The molecule has 108 valence electrons. The van der Waals surface area contributed by atoms with E-state index in [0.29, 0.717) is 23.8 Å². The van der Waals surface area contributed by atoms with E-state index in [1.807, 2.05) is 26.8 Å². The molecule has 1 rings (SSSR count). The fourth-order valence-electron chi connectivity index (χ4n) is 1.68. The molecule has 0 aromatic heterocycles. The van der Waals surface area contributed by atoms with Gasteiger partial charge in [0.1, 0.15) is 5.75 Å². The molecule has 1 N–H and O–H groups in total. The van der Waals surface area contributed by atoms with Crippen LogP contribution in [0, 0.1) is 6.92 Å². The minimum absolute atomic E-state index is 0.136. The van der Waals surface area contributed by atoms with Crippen molar-refractivity contribution in [3.05, 3.63) is 28.3 Å². The molecule has 0 unspecified atom stereocenters. The molecule has 6 heteroatoms. The van der Waals surface area contributed by atoms with Crippen molar-refractivity contribution in [1.82, 2.24) is 4.72 Å². The van der Waals surface area contributed by atoms with Crippen LogP contribution < -0.4 is 9.46 Å². The lowest BCUT2D eigenvalue weighted by molar-refractivity contribution is 0.340. The summed E-state index contributed by atoms with van der Waals surface area (Å²) in [5, 5.41) is 0.497. The molecule has 0 aliphatic heterocycles. The number of hydrogen-bond acceptors (Lipinski definition) is 3. The van der Waals surface area contributed by atoms with E-state index in [1.165, 1.54) is 0 Å². The maximum absolute atomic E-state index is 11.6. The number of sulfonamides is 1. The Balaban J connectivity index is 2.83. The number of halogens is 1. The van der Waals surface area contributed by atoms with E-state index in [0.717, 1.165) is 11.1 Å². The Labute approximate surface area is 120 Å². The van der Waals surface area contributed by atoms with E-state index in [1.54, 1.807) is 6.07 Å². The molecular formula is C13H20ClNO3S. The molecule has 0 atom stereocenters. The van der Waals surface area contributed by atoms with Crippen LogP contribution in [0.2, 0.25) is 5.02 Å². The Morgan fingerprint density at radius 3 is 2.58 bits per heavy atom. The normalized spacial score (nSPS) is 11.6. The fourth-order valence-corrected chi connectivity index (χ4v) is 2.98. The van der Waals surface area contributed by atoms with Crippen LogP contribution in [0.4, 0.5) is 0 Å². The first kappa shape index (κ1) is 16.3. The van der Waals surface area contributed by atoms with E-state index in [2.05, 4.69) is 4.72 Å². The number of aryl methyl sites for hydroxylation is 1. The van der Waals surface area contributed by atoms with Gasteiger partial charge in [-0.1, -0.05) is 18.5 Å². The van der Waals surface area contributed by atoms with E-state index < -0.39 is 10.0 Å². The van der Waals surface area contributed by atoms with E-state index >= 15 is 0 Å². The highest BCUT2D eigenvalue weighted by molar-refractivity contribution is 7.89. The maximum atomic E-state index is 11.6. The first-order valence-electron chi connectivity index (χ1n) is 6.28. The molecule has 1 aromatic rings. The van der Waals surface area contributed by atoms with Crippen LogP contribution in [0.5, 0.6) is 5.75 Å². The topological polar surface area (TPSA) is 55.4 Å². The molecule has 0 amide bonds. The molecule has 19 heavy (non-hydrogen) atoms. The van der Waals surface area contributed by atoms with E-state index in [9.17, 15) is 8.42 Å². The molecule has 1 aromatic carbocycles. The molecular weight excluding hydrogens is 286 g/mol. The summed E-state index contributed by atoms with van der Waals surface area (Å²) in [5.41, 5.74) is 1.81. The third-order valence-electron chi connectivity index (χ3n) is 2.65. The van der Waals surface area contributed by atoms with Crippen molar-refractivity contribution in [2.45, 2.75) is 33.7 Å². The summed E-state index contributed by atoms with van der Waals surface area (Å²) in [4.78, 5) is 0. The molecule has 0 saturated carbocycles. The predicted molar refractivity (Wildman–Crippen MR) is 78.3 cm³/mol. The maximum Gasteiger partial charge on any atom is 0.211 e. The van der Waals surface area contributed by atoms with Crippen LogP contribution >= 0.6 is 11.6 Å². The van der Waals surface area contributed by atoms with Gasteiger partial charge in [0, 0.05) is 6.54 Å². The monoisotopic (exact) mass is 305 g/mol. The average Bonchev–Trinajstić information content (AvgIpc) is 2.32. The highest BCUT2D eigenvalue weighted by Crippen LogP contribution is 2.28. The Bertz CT molecular complexity index is 529. The first-order chi connectivity index (χ1) is 8.89. The van der Waals surface area contributed by atoms with Crippen molar-refractivity contribution < 1.29 is 13.2 Å². The molecule has 0 fully saturated rings. The van der Waals surface area contributed by atoms with Crippen molar-refractivity contribution >= 4 is 21.6 Å². The standard InChI is InChI=1S/C13H20ClNO3S/c1-4-6-19(16,17)15-9-11-8-12(14)13(18-5-2)7-10(11)3/h7-8,15H,4-6,9H2,1-3H3. The van der Waals surface area contributed by atoms with Crippen LogP contribution in [0.15, 0.2) is 12.1 Å². The van der Waals surface area contributed by atoms with Crippen molar-refractivity contribution in [3.63, 3.8) is 0 Å². The van der Waals surface area contributed by atoms with Gasteiger partial charge in [0.25, 0.3) is 0 Å². The first-order valence-corrected chi connectivity index (χ1v) is 8.31. The Hall–Kier alpha value is -0.780. The van der Waals surface area contributed by atoms with E-state index in [-0.39, 0.29) is 12.3 Å². The third-order valence-corrected chi connectivity index (χ3v) is 4.47. The van der Waals surface area contributed by atoms with Gasteiger partial charge < -0.3 is 4.74 Å². The van der Waals surface area contributed by atoms with Gasteiger partial charge in [-0.2, -0.15) is 0 Å². The summed E-state index contributed by atoms with van der Waals surface area (Å²) >= 11 is 6.09. The Morgan fingerprint density at radius 2 is 2.00 bits per heavy atom. The number of rotatable bonds is 7. The number of benzene rings is 1. The van der Waals surface area contributed by atoms with Gasteiger partial charge in [-0.25, -0.2) is 13.1 Å². The predicted octanol–water partition coefficient (Wildman–Crippen LogP) is 2.88. The summed E-state index contributed by atoms with van der Waals surface area (Å²) in [5.74, 6) is 0.762. The summed E-state index contributed by atoms with van der Waals surface area (Å²) in [6.45, 7) is 6.42. The highest BCUT2D eigenvalue weighted by atomic mass is 35.5. The highest BCUT2D eigenvalue weighted by Gasteiger charge is 2.11. The largest absolute Gasteiger partial charge is 0.492 e. The number of nitrogens with one attached hydrogen (secondary N) is 1. The second-order valence-corrected chi connectivity index (χ2v) is 6.62. The molecule has 0 spiro atoms. The summed E-state index contributed by atoms with van der Waals surface area (Å²) in [6, 6.07) is 3.58. The van der Waals surface area contributed by atoms with Crippen molar-refractivity contribution in [2.75, 3.05) is 12.4 Å². The number of hydrogen-bond donors (Lipinski definition) is 1. The summed E-state index contributed by atoms with van der Waals surface area (Å²) < 4.78 is 31.2. The molecule has 0 heterocycles. The minimum atomic E-state index is -3.20. The van der Waals surface area contributed by atoms with Crippen LogP contribution in [0.1, 0.15) is 31.4 Å². The van der Waals surface area contributed by atoms with Crippen molar-refractivity contribution in [1.29, 1.82) is 0 Å². The Morgan fingerprint density at radius 1 is 1.32 bits per heavy atom. The SMILES string of the molecule is CCCS(=O)(=O)NCc1cc(Cl)c(OCC)cc1C. The van der Waals surface area contributed by atoms with Gasteiger partial charge in [0.2, 0.25) is 10.0 Å². The summed E-state index contributed by atoms with van der Waals surface area (Å²) in [7, 11) is -3.20. The smallest absolute Gasteiger partial charge is 0.211 e. The second-order valence-electron chi connectivity index (χ2n) is 4.28. The quantitative estimate of drug-likeness (QED) is 0.842. The molecule has 4 nitrogen and oxygen atoms in total. The molecule has 0 aliphatic rings. The van der Waals surface area contributed by atoms with Crippen molar-refractivity contribution in [2.24, 2.45) is 0 Å². The van der Waals surface area contributed by atoms with Gasteiger partial charge >= 0.3 is 0 Å². The molecule has 0 aliphatic carbocycles. The van der Waals surface area contributed by atoms with Crippen LogP contribution in [-0.4, -0.2) is 20.8 Å². The minimum Gasteiger partial charge on any atom is -0.492 e. The van der Waals surface area contributed by atoms with Crippen LogP contribution in [0.3, 0.4) is 0 Å². The zero-order valence-corrected chi connectivity index (χ0v) is 13.1. The lowest BCUT2D eigenvalue weighted by atomic mass is 10.1. The molecule has 0 saturated heterocycles. The molecule has 0 radical (unpaired) electrons. The zero-order chi connectivity index (χ0) is 14.5. The Kier molecular flexibility index (Phi) is 6.10. The third kappa shape index (κ3) is 5.01. The lowest BCUT2D eigenvalue weighted by Gasteiger charge is -2.12. The number of ether oxygens (including phenoxy) is 1. The van der Waals surface area contributed by atoms with Crippen LogP contribution in [-0.2, 0) is 16.6 Å². The fraction of sp³-hybridized carbons (Fsp3) is 0.538. The molecule has 0 bridgehead atoms. The van der Waals surface area contributed by atoms with Crippen LogP contribution in [0.25, 0.3) is 0 Å². The van der Waals surface area contributed by atoms with Gasteiger partial charge in [-0.15, -0.1) is 0 Å². The summed E-state index contributed by atoms with van der Waals surface area (Å²) in [6.07, 6.45) is 0.596. The van der Waals surface area contributed by atoms with Gasteiger partial charge in [0.05, 0.1) is 17.4 Å². The zero-order valence-electron chi connectivity index (χ0n) is 11.5. The van der Waals surface area contributed by atoms with Gasteiger partial charge in [0.15, 0.2) is 0 Å². The second kappa shape index (κ2) is 7.12.